The fourth-order valence-electron chi connectivity index (χ4n) is 4.90. The molecule has 33 heavy (non-hydrogen) atoms. The highest BCUT2D eigenvalue weighted by Crippen LogP contribution is 2.32. The molecule has 2 aliphatic rings. The van der Waals surface area contributed by atoms with Crippen molar-refractivity contribution >= 4 is 11.8 Å². The molecule has 0 unspecified atom stereocenters. The van der Waals surface area contributed by atoms with Crippen LogP contribution in [0.4, 0.5) is 0 Å². The van der Waals surface area contributed by atoms with E-state index in [2.05, 4.69) is 0 Å². The van der Waals surface area contributed by atoms with Gasteiger partial charge in [0.2, 0.25) is 0 Å². The van der Waals surface area contributed by atoms with Crippen molar-refractivity contribution in [1.82, 2.24) is 4.90 Å². The summed E-state index contributed by atoms with van der Waals surface area (Å²) in [5.41, 5.74) is 0. The molecule has 1 fully saturated rings. The normalized spacial score (nSPS) is 43.4. The molecule has 2 aliphatic heterocycles. The van der Waals surface area contributed by atoms with Crippen molar-refractivity contribution in [3.63, 3.8) is 0 Å². The summed E-state index contributed by atoms with van der Waals surface area (Å²) in [6, 6.07) is -0.145. The SMILES string of the molecule is C[C@@H]1C[C@H](N(C)C)[C@@H](O)[C@H](O[C@@H]2[C@@H](C)C[C@H](C)C(=O)/C=C/[C@@H](C)[C@@H]([C@@H](C)O)OC(=O)[C@@H]2C)O1. The standard InChI is InChI=1S/C25H43NO7/c1-13-9-10-20(28)14(2)11-15(3)22(17(5)24(30)32-23(13)18(6)27)33-25-21(29)19(26(7)8)12-16(4)31-25/h9-10,13-19,21-23,25,27,29H,11-12H2,1-8H3/b10-9+/t13-,14+,15+,16-,17-,18-,19+,21-,22-,23+,25+/m1/s1. The molecule has 0 aromatic rings. The Kier molecular flexibility index (Phi) is 10.1. The molecule has 2 heterocycles. The zero-order valence-corrected chi connectivity index (χ0v) is 21.3. The van der Waals surface area contributed by atoms with Gasteiger partial charge in [-0.3, -0.25) is 9.59 Å². The van der Waals surface area contributed by atoms with Crippen LogP contribution in [-0.2, 0) is 23.8 Å². The van der Waals surface area contributed by atoms with Crippen molar-refractivity contribution in [1.29, 1.82) is 0 Å². The van der Waals surface area contributed by atoms with E-state index in [0.717, 1.165) is 0 Å². The lowest BCUT2D eigenvalue weighted by Gasteiger charge is -2.43. The number of cyclic esters (lactones) is 1. The van der Waals surface area contributed by atoms with Gasteiger partial charge in [-0.25, -0.2) is 0 Å². The third kappa shape index (κ3) is 7.09. The van der Waals surface area contributed by atoms with E-state index in [1.807, 2.05) is 39.8 Å². The number of nitrogens with zero attached hydrogens (tertiary/aromatic N) is 1. The first kappa shape index (κ1) is 27.9. The van der Waals surface area contributed by atoms with Crippen LogP contribution in [0.3, 0.4) is 0 Å². The van der Waals surface area contributed by atoms with Crippen molar-refractivity contribution in [2.75, 3.05) is 14.1 Å². The van der Waals surface area contributed by atoms with Gasteiger partial charge in [-0.1, -0.05) is 26.8 Å². The molecule has 190 valence electrons. The highest BCUT2D eigenvalue weighted by Gasteiger charge is 2.43. The van der Waals surface area contributed by atoms with E-state index in [4.69, 9.17) is 14.2 Å². The summed E-state index contributed by atoms with van der Waals surface area (Å²) in [6.07, 6.45) is 0.131. The molecule has 0 bridgehead atoms. The number of esters is 1. The molecule has 1 saturated heterocycles. The van der Waals surface area contributed by atoms with Crippen molar-refractivity contribution < 1.29 is 34.0 Å². The molecule has 8 heteroatoms. The zero-order valence-electron chi connectivity index (χ0n) is 21.3. The van der Waals surface area contributed by atoms with Gasteiger partial charge < -0.3 is 29.3 Å². The third-order valence-electron chi connectivity index (χ3n) is 7.01. The number of rotatable bonds is 4. The van der Waals surface area contributed by atoms with E-state index in [1.165, 1.54) is 6.08 Å². The maximum Gasteiger partial charge on any atom is 0.311 e. The Balaban J connectivity index is 2.35. The fourth-order valence-corrected chi connectivity index (χ4v) is 4.90. The predicted molar refractivity (Wildman–Crippen MR) is 124 cm³/mol. The number of hydrogen-bond acceptors (Lipinski definition) is 8. The number of aliphatic hydroxyl groups is 2. The molecule has 0 amide bonds. The summed E-state index contributed by atoms with van der Waals surface area (Å²) in [7, 11) is 3.81. The fraction of sp³-hybridized carbons (Fsp3) is 0.840. The summed E-state index contributed by atoms with van der Waals surface area (Å²) in [5.74, 6) is -1.99. The average molecular weight is 470 g/mol. The van der Waals surface area contributed by atoms with Gasteiger partial charge in [0, 0.05) is 17.9 Å². The van der Waals surface area contributed by atoms with Crippen LogP contribution in [0.15, 0.2) is 12.2 Å². The molecule has 2 rings (SSSR count). The lowest BCUT2D eigenvalue weighted by atomic mass is 9.84. The number of ether oxygens (including phenoxy) is 3. The molecule has 0 aliphatic carbocycles. The Labute approximate surface area is 198 Å². The molecule has 0 aromatic carbocycles. The monoisotopic (exact) mass is 469 g/mol. The molecule has 0 aromatic heterocycles. The summed E-state index contributed by atoms with van der Waals surface area (Å²) < 4.78 is 18.0. The predicted octanol–water partition coefficient (Wildman–Crippen LogP) is 2.16. The lowest BCUT2D eigenvalue weighted by Crippen LogP contribution is -2.56. The topological polar surface area (TPSA) is 106 Å². The van der Waals surface area contributed by atoms with E-state index in [9.17, 15) is 19.8 Å². The van der Waals surface area contributed by atoms with Crippen LogP contribution in [0, 0.1) is 23.7 Å². The van der Waals surface area contributed by atoms with Gasteiger partial charge in [-0.15, -0.1) is 0 Å². The summed E-state index contributed by atoms with van der Waals surface area (Å²) in [5, 5.41) is 21.1. The molecule has 0 radical (unpaired) electrons. The number of carbonyl (C=O) groups is 2. The van der Waals surface area contributed by atoms with Crippen LogP contribution in [0.5, 0.6) is 0 Å². The number of likely N-dealkylation sites (N-methyl/N-ethyl adjacent to an activating group) is 1. The molecular weight excluding hydrogens is 426 g/mol. The van der Waals surface area contributed by atoms with Crippen molar-refractivity contribution in [3.05, 3.63) is 12.2 Å². The molecule has 2 N–H and O–H groups in total. The summed E-state index contributed by atoms with van der Waals surface area (Å²) in [6.45, 7) is 10.8. The zero-order chi connectivity index (χ0) is 25.0. The second kappa shape index (κ2) is 11.9. The highest BCUT2D eigenvalue weighted by molar-refractivity contribution is 5.91. The minimum atomic E-state index is -0.908. The van der Waals surface area contributed by atoms with Gasteiger partial charge >= 0.3 is 5.97 Å². The van der Waals surface area contributed by atoms with Gasteiger partial charge in [0.15, 0.2) is 12.1 Å². The molecule has 11 atom stereocenters. The van der Waals surface area contributed by atoms with Crippen molar-refractivity contribution in [2.24, 2.45) is 23.7 Å². The van der Waals surface area contributed by atoms with Crippen LogP contribution >= 0.6 is 0 Å². The maximum atomic E-state index is 13.1. The Bertz CT molecular complexity index is 694. The first-order chi connectivity index (χ1) is 15.3. The van der Waals surface area contributed by atoms with Crippen molar-refractivity contribution in [2.45, 2.75) is 97.2 Å². The second-order valence-corrected chi connectivity index (χ2v) is 10.3. The molecule has 0 spiro atoms. The first-order valence-electron chi connectivity index (χ1n) is 12.1. The van der Waals surface area contributed by atoms with Crippen LogP contribution in [0.1, 0.15) is 54.4 Å². The number of carbonyl (C=O) groups excluding carboxylic acids is 2. The van der Waals surface area contributed by atoms with Crippen molar-refractivity contribution in [3.8, 4) is 0 Å². The number of allylic oxidation sites excluding steroid dienone is 1. The Morgan fingerprint density at radius 1 is 1.12 bits per heavy atom. The van der Waals surface area contributed by atoms with Crippen LogP contribution in [-0.4, -0.2) is 83.8 Å². The van der Waals surface area contributed by atoms with E-state index in [-0.39, 0.29) is 35.7 Å². The second-order valence-electron chi connectivity index (χ2n) is 10.3. The summed E-state index contributed by atoms with van der Waals surface area (Å²) in [4.78, 5) is 27.8. The van der Waals surface area contributed by atoms with E-state index >= 15 is 0 Å². The Morgan fingerprint density at radius 3 is 2.33 bits per heavy atom. The smallest absolute Gasteiger partial charge is 0.311 e. The van der Waals surface area contributed by atoms with Gasteiger partial charge in [-0.05, 0) is 59.7 Å². The molecule has 8 nitrogen and oxygen atoms in total. The Morgan fingerprint density at radius 2 is 1.76 bits per heavy atom. The minimum Gasteiger partial charge on any atom is -0.459 e. The first-order valence-corrected chi connectivity index (χ1v) is 12.1. The van der Waals surface area contributed by atoms with Gasteiger partial charge in [0.1, 0.15) is 12.2 Å². The van der Waals surface area contributed by atoms with Crippen LogP contribution in [0.25, 0.3) is 0 Å². The van der Waals surface area contributed by atoms with Crippen LogP contribution < -0.4 is 0 Å². The Hall–Kier alpha value is -1.32. The third-order valence-corrected chi connectivity index (χ3v) is 7.01. The van der Waals surface area contributed by atoms with Gasteiger partial charge in [-0.2, -0.15) is 0 Å². The van der Waals surface area contributed by atoms with Gasteiger partial charge in [0.25, 0.3) is 0 Å². The quantitative estimate of drug-likeness (QED) is 0.604. The number of aliphatic hydroxyl groups excluding tert-OH is 2. The van der Waals surface area contributed by atoms with Crippen LogP contribution in [0.2, 0.25) is 0 Å². The van der Waals surface area contributed by atoms with Gasteiger partial charge in [0.05, 0.1) is 24.2 Å². The molecular formula is C25H43NO7. The maximum absolute atomic E-state index is 13.1. The largest absolute Gasteiger partial charge is 0.459 e. The average Bonchev–Trinajstić information content (AvgIpc) is 2.73. The highest BCUT2D eigenvalue weighted by atomic mass is 16.7. The summed E-state index contributed by atoms with van der Waals surface area (Å²) >= 11 is 0. The number of ketones is 1. The number of hydrogen-bond donors (Lipinski definition) is 2. The van der Waals surface area contributed by atoms with E-state index < -0.39 is 42.6 Å². The molecule has 0 saturated carbocycles. The minimum absolute atomic E-state index is 0.0217. The van der Waals surface area contributed by atoms with E-state index in [0.29, 0.717) is 12.8 Å². The van der Waals surface area contributed by atoms with E-state index in [1.54, 1.807) is 26.8 Å². The lowest BCUT2D eigenvalue weighted by molar-refractivity contribution is -0.279.